The van der Waals surface area contributed by atoms with Gasteiger partial charge in [0.05, 0.1) is 0 Å². The van der Waals surface area contributed by atoms with Crippen molar-refractivity contribution in [3.05, 3.63) is 35.4 Å². The predicted octanol–water partition coefficient (Wildman–Crippen LogP) is 3.14. The summed E-state index contributed by atoms with van der Waals surface area (Å²) in [5.74, 6) is 0. The van der Waals surface area contributed by atoms with Crippen LogP contribution in [0.1, 0.15) is 11.1 Å². The Balaban J connectivity index is 0.000000255. The van der Waals surface area contributed by atoms with Gasteiger partial charge in [0.15, 0.2) is 0 Å². The molecule has 4 heteroatoms. The molecule has 0 aliphatic heterocycles. The van der Waals surface area contributed by atoms with Gasteiger partial charge in [-0.15, -0.1) is 0 Å². The first kappa shape index (κ1) is 14.1. The van der Waals surface area contributed by atoms with Crippen LogP contribution in [0.4, 0.5) is 0 Å². The van der Waals surface area contributed by atoms with Gasteiger partial charge < -0.3 is 0 Å². The van der Waals surface area contributed by atoms with E-state index >= 15 is 0 Å². The largest absolute Gasteiger partial charge is 0.0620 e. The maximum absolute atomic E-state index is 4.66. The first-order chi connectivity index (χ1) is 6.61. The van der Waals surface area contributed by atoms with Gasteiger partial charge in [0.2, 0.25) is 0 Å². The second-order valence-corrected chi connectivity index (χ2v) is 6.17. The normalized spacial score (nSPS) is 8.86. The second kappa shape index (κ2) is 8.39. The molecule has 0 radical (unpaired) electrons. The second-order valence-electron chi connectivity index (χ2n) is 2.74. The minimum absolute atomic E-state index is 1.37. The van der Waals surface area contributed by atoms with E-state index < -0.39 is 16.8 Å². The molecular weight excluding hydrogens is 232 g/mol. The van der Waals surface area contributed by atoms with E-state index in [1.54, 1.807) is 14.2 Å². The number of hydrogen-bond acceptors (Lipinski definition) is 3. The maximum atomic E-state index is 4.66. The Morgan fingerprint density at radius 2 is 1.36 bits per heavy atom. The van der Waals surface area contributed by atoms with Gasteiger partial charge >= 0.3 is 47.4 Å². The Hall–Kier alpha value is 0.0743. The van der Waals surface area contributed by atoms with Crippen molar-refractivity contribution in [3.63, 3.8) is 0 Å². The molecule has 1 rings (SSSR count). The molecule has 1 aromatic carbocycles. The topological polar surface area (TPSA) is 18.5 Å². The quantitative estimate of drug-likeness (QED) is 0.749. The van der Waals surface area contributed by atoms with Crippen LogP contribution in [0.5, 0.6) is 0 Å². The molecule has 0 N–H and O–H groups in total. The third-order valence-electron chi connectivity index (χ3n) is 1.76. The third-order valence-corrected chi connectivity index (χ3v) is 4.17. The van der Waals surface area contributed by atoms with Gasteiger partial charge in [0.25, 0.3) is 0 Å². The fourth-order valence-corrected chi connectivity index (χ4v) is 1.01. The monoisotopic (exact) mass is 248 g/mol. The van der Waals surface area contributed by atoms with E-state index in [-0.39, 0.29) is 0 Å². The van der Waals surface area contributed by atoms with Crippen LogP contribution in [0, 0.1) is 13.8 Å². The van der Waals surface area contributed by atoms with E-state index in [1.807, 2.05) is 0 Å². The van der Waals surface area contributed by atoms with Crippen LogP contribution in [0.2, 0.25) is 0 Å². The van der Waals surface area contributed by atoms with Crippen molar-refractivity contribution in [3.8, 4) is 0 Å². The molecule has 0 saturated heterocycles. The first-order valence-electron chi connectivity index (χ1n) is 4.26. The van der Waals surface area contributed by atoms with E-state index in [9.17, 15) is 0 Å². The zero-order valence-corrected chi connectivity index (χ0v) is 11.4. The molecule has 0 aromatic heterocycles. The molecule has 0 heterocycles. The Bertz CT molecular complexity index is 262. The van der Waals surface area contributed by atoms with E-state index in [0.717, 1.165) is 0 Å². The van der Waals surface area contributed by atoms with Gasteiger partial charge in [-0.05, 0) is 25.0 Å². The van der Waals surface area contributed by atoms with Gasteiger partial charge in [-0.25, -0.2) is 0 Å². The van der Waals surface area contributed by atoms with Crippen LogP contribution in [0.3, 0.4) is 0 Å². The van der Waals surface area contributed by atoms with Crippen molar-refractivity contribution in [2.45, 2.75) is 13.8 Å². The van der Waals surface area contributed by atoms with Gasteiger partial charge in [0, 0.05) is 0 Å². The molecule has 1 aromatic rings. The van der Waals surface area contributed by atoms with Crippen LogP contribution in [-0.4, -0.2) is 14.2 Å². The molecule has 0 aliphatic rings. The summed E-state index contributed by atoms with van der Waals surface area (Å²) in [6, 6.07) is 8.36. The van der Waals surface area contributed by atoms with E-state index in [1.165, 1.54) is 11.1 Å². The first-order valence-corrected chi connectivity index (χ1v) is 7.85. The SMILES string of the molecule is C[O][Ti](=[S])[O]C.Cc1ccccc1C. The van der Waals surface area contributed by atoms with Gasteiger partial charge in [0.1, 0.15) is 0 Å². The van der Waals surface area contributed by atoms with Crippen LogP contribution >= 0.6 is 9.70 Å². The number of rotatable bonds is 2. The van der Waals surface area contributed by atoms with Crippen molar-refractivity contribution >= 4 is 9.70 Å². The van der Waals surface area contributed by atoms with Crippen LogP contribution in [0.25, 0.3) is 0 Å². The summed E-state index contributed by atoms with van der Waals surface area (Å²) in [6.45, 7) is 4.24. The number of hydrogen-bond donors (Lipinski definition) is 0. The van der Waals surface area contributed by atoms with E-state index in [4.69, 9.17) is 0 Å². The summed E-state index contributed by atoms with van der Waals surface area (Å²) in [7, 11) is 7.81. The Morgan fingerprint density at radius 1 is 1.00 bits per heavy atom. The zero-order chi connectivity index (χ0) is 11.0. The van der Waals surface area contributed by atoms with Gasteiger partial charge in [-0.1, -0.05) is 24.3 Å². The summed E-state index contributed by atoms with van der Waals surface area (Å²) in [5, 5.41) is 0. The molecule has 78 valence electrons. The summed E-state index contributed by atoms with van der Waals surface area (Å²) in [5.41, 5.74) is 2.74. The Morgan fingerprint density at radius 3 is 1.50 bits per heavy atom. The molecule has 0 saturated carbocycles. The van der Waals surface area contributed by atoms with Crippen molar-refractivity contribution in [1.82, 2.24) is 0 Å². The summed E-state index contributed by atoms with van der Waals surface area (Å²) < 4.78 is 9.32. The summed E-state index contributed by atoms with van der Waals surface area (Å²) in [4.78, 5) is 0. The molecule has 14 heavy (non-hydrogen) atoms. The van der Waals surface area contributed by atoms with Crippen LogP contribution < -0.4 is 0 Å². The maximum Gasteiger partial charge on any atom is -0.0395 e. The van der Waals surface area contributed by atoms with Crippen molar-refractivity contribution in [2.75, 3.05) is 14.2 Å². The van der Waals surface area contributed by atoms with Gasteiger partial charge in [-0.3, -0.25) is 0 Å². The van der Waals surface area contributed by atoms with Crippen molar-refractivity contribution < 1.29 is 23.4 Å². The predicted molar refractivity (Wildman–Crippen MR) is 57.5 cm³/mol. The molecular formula is C10H16O2STi. The minimum Gasteiger partial charge on any atom is -0.0620 e. The smallest absolute Gasteiger partial charge is 0.0395 e. The average molecular weight is 248 g/mol. The van der Waals surface area contributed by atoms with Crippen LogP contribution in [0.15, 0.2) is 24.3 Å². The number of benzene rings is 1. The molecule has 0 bridgehead atoms. The third kappa shape index (κ3) is 6.52. The molecule has 0 aliphatic carbocycles. The molecule has 0 unspecified atom stereocenters. The molecule has 0 spiro atoms. The fraction of sp³-hybridized carbons (Fsp3) is 0.400. The summed E-state index contributed by atoms with van der Waals surface area (Å²) >= 11 is -1.80. The molecule has 2 nitrogen and oxygen atoms in total. The Labute approximate surface area is 96.4 Å². The van der Waals surface area contributed by atoms with Crippen LogP contribution in [-0.2, 0) is 23.4 Å². The van der Waals surface area contributed by atoms with Crippen molar-refractivity contribution in [1.29, 1.82) is 0 Å². The zero-order valence-electron chi connectivity index (χ0n) is 9.03. The average Bonchev–Trinajstić information content (AvgIpc) is 2.22. The fourth-order valence-electron chi connectivity index (χ4n) is 0.746. The van der Waals surface area contributed by atoms with E-state index in [2.05, 4.69) is 54.4 Å². The van der Waals surface area contributed by atoms with E-state index in [0.29, 0.717) is 0 Å². The van der Waals surface area contributed by atoms with Gasteiger partial charge in [-0.2, -0.15) is 0 Å². The molecule has 0 fully saturated rings. The number of aryl methyl sites for hydroxylation is 2. The Kier molecular flexibility index (Phi) is 8.43. The molecule has 0 atom stereocenters. The van der Waals surface area contributed by atoms with Crippen molar-refractivity contribution in [2.24, 2.45) is 0 Å². The standard InChI is InChI=1S/C8H10.2CH3O.S.Ti/c1-7-5-3-4-6-8(7)2;2*1-2;;/h3-6H,1-2H3;2*1H3;;/q;2*-1;;+2. The minimum atomic E-state index is -1.80. The summed E-state index contributed by atoms with van der Waals surface area (Å²) in [6.07, 6.45) is 0. The molecule has 0 amide bonds.